The molecule has 1 saturated heterocycles. The first-order valence-corrected chi connectivity index (χ1v) is 6.83. The fourth-order valence-electron chi connectivity index (χ4n) is 2.19. The molecule has 0 saturated carbocycles. The lowest BCUT2D eigenvalue weighted by atomic mass is 9.97. The van der Waals surface area contributed by atoms with Gasteiger partial charge in [0.25, 0.3) is 5.91 Å². The molecule has 0 radical (unpaired) electrons. The lowest BCUT2D eigenvalue weighted by molar-refractivity contribution is -0.138. The highest BCUT2D eigenvalue weighted by Crippen LogP contribution is 2.17. The molecule has 7 heteroatoms. The Kier molecular flexibility index (Phi) is 4.55. The molecule has 3 amide bonds. The highest BCUT2D eigenvalue weighted by atomic mass is 16.4. The van der Waals surface area contributed by atoms with Gasteiger partial charge in [-0.3, -0.25) is 24.5 Å². The van der Waals surface area contributed by atoms with Crippen LogP contribution in [0.2, 0.25) is 0 Å². The van der Waals surface area contributed by atoms with Gasteiger partial charge in [-0.1, -0.05) is 12.1 Å². The lowest BCUT2D eigenvalue weighted by Crippen LogP contribution is -2.38. The zero-order valence-electron chi connectivity index (χ0n) is 12.0. The molecule has 116 valence electrons. The van der Waals surface area contributed by atoms with Gasteiger partial charge in [0.1, 0.15) is 6.04 Å². The largest absolute Gasteiger partial charge is 0.480 e. The number of rotatable bonds is 5. The SMILES string of the molecule is C[C@@H](NC(=O)c1ccc(CC2CC(=O)NC2=O)cc1)C(=O)O. The van der Waals surface area contributed by atoms with Crippen LogP contribution in [0.1, 0.15) is 29.3 Å². The van der Waals surface area contributed by atoms with Crippen LogP contribution < -0.4 is 10.6 Å². The monoisotopic (exact) mass is 304 g/mol. The van der Waals surface area contributed by atoms with Crippen molar-refractivity contribution >= 4 is 23.7 Å². The maximum Gasteiger partial charge on any atom is 0.325 e. The number of imide groups is 1. The summed E-state index contributed by atoms with van der Waals surface area (Å²) in [6.07, 6.45) is 0.599. The number of hydrogen-bond donors (Lipinski definition) is 3. The maximum atomic E-state index is 11.8. The number of carboxylic acid groups (broad SMARTS) is 1. The minimum Gasteiger partial charge on any atom is -0.480 e. The third kappa shape index (κ3) is 3.69. The van der Waals surface area contributed by atoms with E-state index in [4.69, 9.17) is 5.11 Å². The molecule has 0 aliphatic carbocycles. The molecule has 0 aromatic heterocycles. The molecule has 2 atom stereocenters. The van der Waals surface area contributed by atoms with Crippen molar-refractivity contribution in [2.45, 2.75) is 25.8 Å². The summed E-state index contributed by atoms with van der Waals surface area (Å²) in [6.45, 7) is 1.38. The van der Waals surface area contributed by atoms with E-state index in [1.165, 1.54) is 6.92 Å². The van der Waals surface area contributed by atoms with Gasteiger partial charge in [0.15, 0.2) is 0 Å². The van der Waals surface area contributed by atoms with Crippen molar-refractivity contribution in [1.82, 2.24) is 10.6 Å². The summed E-state index contributed by atoms with van der Waals surface area (Å²) >= 11 is 0. The Labute approximate surface area is 126 Å². The topological polar surface area (TPSA) is 113 Å². The second-order valence-electron chi connectivity index (χ2n) is 5.25. The molecule has 3 N–H and O–H groups in total. The van der Waals surface area contributed by atoms with Crippen molar-refractivity contribution < 1.29 is 24.3 Å². The van der Waals surface area contributed by atoms with Crippen LogP contribution in [-0.4, -0.2) is 34.8 Å². The smallest absolute Gasteiger partial charge is 0.325 e. The van der Waals surface area contributed by atoms with E-state index >= 15 is 0 Å². The number of carbonyl (C=O) groups is 4. The van der Waals surface area contributed by atoms with Crippen molar-refractivity contribution in [3.05, 3.63) is 35.4 Å². The fraction of sp³-hybridized carbons (Fsp3) is 0.333. The molecule has 2 rings (SSSR count). The van der Waals surface area contributed by atoms with Crippen LogP contribution in [0.25, 0.3) is 0 Å². The van der Waals surface area contributed by atoms with Crippen LogP contribution in [-0.2, 0) is 20.8 Å². The van der Waals surface area contributed by atoms with Gasteiger partial charge in [0.2, 0.25) is 11.8 Å². The Morgan fingerprint density at radius 3 is 2.45 bits per heavy atom. The van der Waals surface area contributed by atoms with E-state index in [0.717, 1.165) is 5.56 Å². The van der Waals surface area contributed by atoms with Crippen molar-refractivity contribution in [1.29, 1.82) is 0 Å². The summed E-state index contributed by atoms with van der Waals surface area (Å²) in [6, 6.07) is 5.54. The highest BCUT2D eigenvalue weighted by molar-refractivity contribution is 6.03. The van der Waals surface area contributed by atoms with Gasteiger partial charge in [-0.2, -0.15) is 0 Å². The molecule has 22 heavy (non-hydrogen) atoms. The summed E-state index contributed by atoms with van der Waals surface area (Å²) in [5.74, 6) is -2.51. The van der Waals surface area contributed by atoms with E-state index in [0.29, 0.717) is 12.0 Å². The van der Waals surface area contributed by atoms with E-state index in [9.17, 15) is 19.2 Å². The molecule has 7 nitrogen and oxygen atoms in total. The van der Waals surface area contributed by atoms with Crippen molar-refractivity contribution in [2.24, 2.45) is 5.92 Å². The minimum atomic E-state index is -1.11. The fourth-order valence-corrected chi connectivity index (χ4v) is 2.19. The average molecular weight is 304 g/mol. The second-order valence-corrected chi connectivity index (χ2v) is 5.25. The van der Waals surface area contributed by atoms with Crippen molar-refractivity contribution in [3.63, 3.8) is 0 Å². The first-order chi connectivity index (χ1) is 10.4. The molecule has 1 aromatic rings. The lowest BCUT2D eigenvalue weighted by Gasteiger charge is -2.10. The van der Waals surface area contributed by atoms with Gasteiger partial charge in [0.05, 0.1) is 5.92 Å². The summed E-state index contributed by atoms with van der Waals surface area (Å²) in [5, 5.41) is 13.4. The Bertz CT molecular complexity index is 623. The minimum absolute atomic E-state index is 0.178. The Morgan fingerprint density at radius 2 is 1.95 bits per heavy atom. The standard InChI is InChI=1S/C15H16N2O5/c1-8(15(21)22)16-13(19)10-4-2-9(3-5-10)6-11-7-12(18)17-14(11)20/h2-5,8,11H,6-7H2,1H3,(H,16,19)(H,21,22)(H,17,18,20)/t8-,11?/m1/s1. The van der Waals surface area contributed by atoms with E-state index in [1.54, 1.807) is 24.3 Å². The Morgan fingerprint density at radius 1 is 1.32 bits per heavy atom. The van der Waals surface area contributed by atoms with Crippen molar-refractivity contribution in [2.75, 3.05) is 0 Å². The number of benzene rings is 1. The Hall–Kier alpha value is -2.70. The van der Waals surface area contributed by atoms with Crippen LogP contribution in [0.5, 0.6) is 0 Å². The van der Waals surface area contributed by atoms with E-state index in [1.807, 2.05) is 0 Å². The van der Waals surface area contributed by atoms with Crippen LogP contribution in [0.3, 0.4) is 0 Å². The summed E-state index contributed by atoms with van der Waals surface area (Å²) in [4.78, 5) is 45.1. The molecule has 0 bridgehead atoms. The third-order valence-electron chi connectivity index (χ3n) is 3.48. The number of hydrogen-bond acceptors (Lipinski definition) is 4. The molecule has 1 fully saturated rings. The first kappa shape index (κ1) is 15.7. The molecule has 1 aliphatic rings. The molecule has 1 aliphatic heterocycles. The van der Waals surface area contributed by atoms with E-state index in [-0.39, 0.29) is 24.2 Å². The molecule has 1 aromatic carbocycles. The number of carboxylic acids is 1. The summed E-state index contributed by atoms with van der Waals surface area (Å²) in [7, 11) is 0. The van der Waals surface area contributed by atoms with E-state index in [2.05, 4.69) is 10.6 Å². The quantitative estimate of drug-likeness (QED) is 0.668. The van der Waals surface area contributed by atoms with Crippen LogP contribution >= 0.6 is 0 Å². The van der Waals surface area contributed by atoms with Gasteiger partial charge in [-0.15, -0.1) is 0 Å². The average Bonchev–Trinajstić information content (AvgIpc) is 2.77. The highest BCUT2D eigenvalue weighted by Gasteiger charge is 2.30. The number of aliphatic carboxylic acids is 1. The zero-order chi connectivity index (χ0) is 16.3. The number of nitrogens with one attached hydrogen (secondary N) is 2. The van der Waals surface area contributed by atoms with Gasteiger partial charge < -0.3 is 10.4 Å². The van der Waals surface area contributed by atoms with Crippen LogP contribution in [0.4, 0.5) is 0 Å². The predicted molar refractivity (Wildman–Crippen MR) is 76.0 cm³/mol. The molecule has 1 unspecified atom stereocenters. The van der Waals surface area contributed by atoms with Crippen LogP contribution in [0.15, 0.2) is 24.3 Å². The van der Waals surface area contributed by atoms with Gasteiger partial charge >= 0.3 is 5.97 Å². The first-order valence-electron chi connectivity index (χ1n) is 6.83. The molecule has 1 heterocycles. The summed E-state index contributed by atoms with van der Waals surface area (Å²) in [5.41, 5.74) is 1.17. The molecule has 0 spiro atoms. The van der Waals surface area contributed by atoms with Crippen LogP contribution in [0, 0.1) is 5.92 Å². The van der Waals surface area contributed by atoms with Gasteiger partial charge in [-0.05, 0) is 31.0 Å². The summed E-state index contributed by atoms with van der Waals surface area (Å²) < 4.78 is 0. The molecular weight excluding hydrogens is 288 g/mol. The third-order valence-corrected chi connectivity index (χ3v) is 3.48. The van der Waals surface area contributed by atoms with E-state index < -0.39 is 17.9 Å². The van der Waals surface area contributed by atoms with Crippen molar-refractivity contribution in [3.8, 4) is 0 Å². The normalized spacial score (nSPS) is 18.7. The zero-order valence-corrected chi connectivity index (χ0v) is 12.0. The van der Waals surface area contributed by atoms with Gasteiger partial charge in [-0.25, -0.2) is 0 Å². The number of amides is 3. The second kappa shape index (κ2) is 6.38. The molecular formula is C15H16N2O5. The maximum absolute atomic E-state index is 11.8. The number of carbonyl (C=O) groups excluding carboxylic acids is 3. The van der Waals surface area contributed by atoms with Gasteiger partial charge in [0, 0.05) is 12.0 Å². The Balaban J connectivity index is 1.98. The predicted octanol–water partition coefficient (Wildman–Crippen LogP) is 0.0947.